The highest BCUT2D eigenvalue weighted by molar-refractivity contribution is 5.76. The Labute approximate surface area is 142 Å². The van der Waals surface area contributed by atoms with Gasteiger partial charge < -0.3 is 10.4 Å². The van der Waals surface area contributed by atoms with Gasteiger partial charge in [0.2, 0.25) is 0 Å². The number of halogens is 4. The predicted molar refractivity (Wildman–Crippen MR) is 85.6 cm³/mol. The van der Waals surface area contributed by atoms with Gasteiger partial charge >= 0.3 is 12.1 Å². The molecule has 0 fully saturated rings. The molecule has 0 heterocycles. The first-order chi connectivity index (χ1) is 11.8. The summed E-state index contributed by atoms with van der Waals surface area (Å²) in [7, 11) is 0. The number of aliphatic carboxylic acids is 1. The molecular weight excluding hydrogens is 338 g/mol. The summed E-state index contributed by atoms with van der Waals surface area (Å²) < 4.78 is 54.3. The molecule has 0 spiro atoms. The van der Waals surface area contributed by atoms with Crippen LogP contribution in [0.25, 0.3) is 11.1 Å². The van der Waals surface area contributed by atoms with Crippen LogP contribution in [0.2, 0.25) is 0 Å². The first kappa shape index (κ1) is 18.9. The molecule has 0 amide bonds. The van der Waals surface area contributed by atoms with Crippen LogP contribution in [0.3, 0.4) is 0 Å². The third kappa shape index (κ3) is 4.36. The fraction of sp³-hybridized carbons (Fsp3) is 0.278. The highest BCUT2D eigenvalue weighted by Crippen LogP contribution is 2.39. The van der Waals surface area contributed by atoms with Crippen molar-refractivity contribution in [2.24, 2.45) is 0 Å². The second-order valence-corrected chi connectivity index (χ2v) is 5.45. The van der Waals surface area contributed by atoms with Crippen LogP contribution < -0.4 is 5.32 Å². The zero-order valence-corrected chi connectivity index (χ0v) is 13.5. The third-order valence-electron chi connectivity index (χ3n) is 3.75. The Morgan fingerprint density at radius 1 is 1.16 bits per heavy atom. The molecule has 0 atom stereocenters. The number of nitrogens with one attached hydrogen (secondary N) is 1. The smallest absolute Gasteiger partial charge is 0.419 e. The molecule has 2 N–H and O–H groups in total. The minimum absolute atomic E-state index is 0.00665. The summed E-state index contributed by atoms with van der Waals surface area (Å²) in [5.41, 5.74) is -1.13. The summed E-state index contributed by atoms with van der Waals surface area (Å²) in [4.78, 5) is 11.1. The number of rotatable bonds is 6. The number of carboxylic acid groups (broad SMARTS) is 1. The van der Waals surface area contributed by atoms with Crippen LogP contribution >= 0.6 is 0 Å². The molecule has 0 saturated carbocycles. The normalized spacial score (nSPS) is 11.6. The molecule has 0 aliphatic rings. The maximum absolute atomic E-state index is 14.3. The van der Waals surface area contributed by atoms with Crippen LogP contribution in [0.15, 0.2) is 36.4 Å². The average molecular weight is 355 g/mol. The van der Waals surface area contributed by atoms with E-state index in [1.54, 1.807) is 37.3 Å². The number of hydrogen-bond acceptors (Lipinski definition) is 2. The average Bonchev–Trinajstić information content (AvgIpc) is 2.52. The van der Waals surface area contributed by atoms with Gasteiger partial charge in [0.15, 0.2) is 0 Å². The standard InChI is InChI=1S/C18H17F4NO2/c1-2-23-10-14-12(11-6-4-3-5-7-11)8-15(19)17(18(20,21)22)13(14)9-16(24)25/h3-8,23H,2,9-10H2,1H3,(H,24,25). The molecule has 0 aromatic heterocycles. The molecule has 0 radical (unpaired) electrons. The Balaban J connectivity index is 2.80. The van der Waals surface area contributed by atoms with Gasteiger partial charge in [0, 0.05) is 6.54 Å². The van der Waals surface area contributed by atoms with Crippen molar-refractivity contribution in [1.82, 2.24) is 5.32 Å². The second-order valence-electron chi connectivity index (χ2n) is 5.45. The molecule has 0 saturated heterocycles. The van der Waals surface area contributed by atoms with E-state index < -0.39 is 35.5 Å². The fourth-order valence-electron chi connectivity index (χ4n) is 2.72. The van der Waals surface area contributed by atoms with E-state index in [0.29, 0.717) is 12.1 Å². The largest absolute Gasteiger partial charge is 0.481 e. The van der Waals surface area contributed by atoms with Crippen LogP contribution in [0, 0.1) is 5.82 Å². The zero-order chi connectivity index (χ0) is 18.6. The number of carboxylic acids is 1. The lowest BCUT2D eigenvalue weighted by molar-refractivity contribution is -0.141. The summed E-state index contributed by atoms with van der Waals surface area (Å²) in [5, 5.41) is 12.0. The van der Waals surface area contributed by atoms with Crippen molar-refractivity contribution in [3.05, 3.63) is 58.9 Å². The first-order valence-corrected chi connectivity index (χ1v) is 7.65. The van der Waals surface area contributed by atoms with Gasteiger partial charge in [-0.1, -0.05) is 37.3 Å². The van der Waals surface area contributed by atoms with Gasteiger partial charge in [-0.25, -0.2) is 4.39 Å². The van der Waals surface area contributed by atoms with Gasteiger partial charge in [0.25, 0.3) is 0 Å². The lowest BCUT2D eigenvalue weighted by atomic mass is 9.89. The van der Waals surface area contributed by atoms with Crippen LogP contribution in [0.5, 0.6) is 0 Å². The molecule has 7 heteroatoms. The molecule has 0 unspecified atom stereocenters. The van der Waals surface area contributed by atoms with Crippen molar-refractivity contribution < 1.29 is 27.5 Å². The number of alkyl halides is 3. The number of carbonyl (C=O) groups is 1. The topological polar surface area (TPSA) is 49.3 Å². The highest BCUT2D eigenvalue weighted by atomic mass is 19.4. The number of benzene rings is 2. The van der Waals surface area contributed by atoms with E-state index in [1.807, 2.05) is 0 Å². The molecule has 3 nitrogen and oxygen atoms in total. The van der Waals surface area contributed by atoms with Crippen molar-refractivity contribution in [3.8, 4) is 11.1 Å². The minimum atomic E-state index is -4.98. The van der Waals surface area contributed by atoms with Crippen molar-refractivity contribution in [2.75, 3.05) is 6.54 Å². The maximum Gasteiger partial charge on any atom is 0.419 e. The Bertz CT molecular complexity index is 758. The van der Waals surface area contributed by atoms with Crippen molar-refractivity contribution in [1.29, 1.82) is 0 Å². The SMILES string of the molecule is CCNCc1c(-c2ccccc2)cc(F)c(C(F)(F)F)c1CC(=O)O. The van der Waals surface area contributed by atoms with Crippen LogP contribution in [-0.4, -0.2) is 17.6 Å². The van der Waals surface area contributed by atoms with Crippen molar-refractivity contribution >= 4 is 5.97 Å². The van der Waals surface area contributed by atoms with Crippen LogP contribution in [0.1, 0.15) is 23.6 Å². The van der Waals surface area contributed by atoms with Gasteiger partial charge in [-0.05, 0) is 34.9 Å². The summed E-state index contributed by atoms with van der Waals surface area (Å²) in [6, 6.07) is 9.20. The van der Waals surface area contributed by atoms with Crippen molar-refractivity contribution in [2.45, 2.75) is 26.1 Å². The predicted octanol–water partition coefficient (Wildman–Crippen LogP) is 4.25. The summed E-state index contributed by atoms with van der Waals surface area (Å²) >= 11 is 0. The van der Waals surface area contributed by atoms with Gasteiger partial charge in [0.05, 0.1) is 12.0 Å². The van der Waals surface area contributed by atoms with Gasteiger partial charge in [0.1, 0.15) is 5.82 Å². The van der Waals surface area contributed by atoms with E-state index >= 15 is 0 Å². The Morgan fingerprint density at radius 3 is 2.32 bits per heavy atom. The van der Waals surface area contributed by atoms with E-state index in [1.165, 1.54) is 0 Å². The van der Waals surface area contributed by atoms with Crippen LogP contribution in [0.4, 0.5) is 17.6 Å². The Kier molecular flexibility index (Phi) is 5.79. The molecule has 2 aromatic carbocycles. The summed E-state index contributed by atoms with van der Waals surface area (Å²) in [6.45, 7) is 2.25. The van der Waals surface area contributed by atoms with Gasteiger partial charge in [-0.15, -0.1) is 0 Å². The van der Waals surface area contributed by atoms with Gasteiger partial charge in [-0.3, -0.25) is 4.79 Å². The zero-order valence-electron chi connectivity index (χ0n) is 13.5. The van der Waals surface area contributed by atoms with E-state index in [-0.39, 0.29) is 17.7 Å². The summed E-state index contributed by atoms with van der Waals surface area (Å²) in [5.74, 6) is -2.92. The number of hydrogen-bond donors (Lipinski definition) is 2. The Morgan fingerprint density at radius 2 is 1.80 bits per heavy atom. The fourth-order valence-corrected chi connectivity index (χ4v) is 2.72. The monoisotopic (exact) mass is 355 g/mol. The quantitative estimate of drug-likeness (QED) is 0.762. The minimum Gasteiger partial charge on any atom is -0.481 e. The van der Waals surface area contributed by atoms with E-state index in [9.17, 15) is 22.4 Å². The van der Waals surface area contributed by atoms with Crippen LogP contribution in [-0.2, 0) is 23.9 Å². The summed E-state index contributed by atoms with van der Waals surface area (Å²) in [6.07, 6.45) is -5.89. The second kappa shape index (κ2) is 7.65. The molecule has 2 rings (SSSR count). The molecular formula is C18H17F4NO2. The molecule has 0 aliphatic heterocycles. The molecule has 0 aliphatic carbocycles. The third-order valence-corrected chi connectivity index (χ3v) is 3.75. The molecule has 0 bridgehead atoms. The van der Waals surface area contributed by atoms with E-state index in [0.717, 1.165) is 6.07 Å². The van der Waals surface area contributed by atoms with Crippen molar-refractivity contribution in [3.63, 3.8) is 0 Å². The molecule has 2 aromatic rings. The van der Waals surface area contributed by atoms with E-state index in [2.05, 4.69) is 5.32 Å². The first-order valence-electron chi connectivity index (χ1n) is 7.65. The molecule has 25 heavy (non-hydrogen) atoms. The van der Waals surface area contributed by atoms with E-state index in [4.69, 9.17) is 5.11 Å². The lowest BCUT2D eigenvalue weighted by Gasteiger charge is -2.21. The molecule has 134 valence electrons. The maximum atomic E-state index is 14.3. The Hall–Kier alpha value is -2.41. The highest BCUT2D eigenvalue weighted by Gasteiger charge is 2.39. The lowest BCUT2D eigenvalue weighted by Crippen LogP contribution is -2.21. The van der Waals surface area contributed by atoms with Gasteiger partial charge in [-0.2, -0.15) is 13.2 Å².